The minimum atomic E-state index is 0.772. The monoisotopic (exact) mass is 1170 g/mol. The zero-order valence-corrected chi connectivity index (χ0v) is 51.3. The molecule has 0 saturated carbocycles. The maximum atomic E-state index is 6.30. The molecule has 6 heterocycles. The van der Waals surface area contributed by atoms with Crippen molar-refractivity contribution in [2.75, 3.05) is 83.4 Å². The van der Waals surface area contributed by atoms with Gasteiger partial charge in [-0.1, -0.05) is 126 Å². The highest BCUT2D eigenvalue weighted by Gasteiger charge is 2.21. The van der Waals surface area contributed by atoms with Crippen molar-refractivity contribution >= 4 is 47.5 Å². The number of para-hydroxylation sites is 3. The number of benzene rings is 6. The molecule has 438 valence electrons. The van der Waals surface area contributed by atoms with Crippen LogP contribution in [0, 0.1) is 41.5 Å². The van der Waals surface area contributed by atoms with Gasteiger partial charge in [0.2, 0.25) is 0 Å². The number of aromatic nitrogens is 6. The quantitative estimate of drug-likeness (QED) is 0.0983. The molecule has 15 nitrogen and oxygen atoms in total. The van der Waals surface area contributed by atoms with E-state index in [2.05, 4.69) is 135 Å². The Morgan fingerprint density at radius 1 is 0.365 bits per heavy atom. The van der Waals surface area contributed by atoms with E-state index in [-0.39, 0.29) is 0 Å². The van der Waals surface area contributed by atoms with Gasteiger partial charge in [0.05, 0.1) is 83.0 Å². The van der Waals surface area contributed by atoms with E-state index in [0.29, 0.717) is 0 Å². The number of rotatable bonds is 14. The fraction of sp³-hybridized carbons (Fsp3) is 0.294. The van der Waals surface area contributed by atoms with Crippen LogP contribution in [0.3, 0.4) is 0 Å². The van der Waals surface area contributed by atoms with Gasteiger partial charge in [-0.25, -0.2) is 14.0 Å². The molecule has 0 spiro atoms. The summed E-state index contributed by atoms with van der Waals surface area (Å²) < 4.78 is 5.96. The lowest BCUT2D eigenvalue weighted by molar-refractivity contribution is 0.131. The van der Waals surface area contributed by atoms with Crippen molar-refractivity contribution in [2.24, 2.45) is 15.3 Å². The van der Waals surface area contributed by atoms with Crippen LogP contribution in [0.15, 0.2) is 185 Å². The lowest BCUT2D eigenvalue weighted by Crippen LogP contribution is -2.44. The third-order valence-electron chi connectivity index (χ3n) is 15.8. The number of piperazine rings is 3. The molecule has 85 heavy (non-hydrogen) atoms. The highest BCUT2D eigenvalue weighted by molar-refractivity contribution is 6.31. The van der Waals surface area contributed by atoms with Gasteiger partial charge in [-0.05, 0) is 119 Å². The largest absolute Gasteiger partial charge is 0.368 e. The predicted octanol–water partition coefficient (Wildman–Crippen LogP) is 12.2. The molecule has 17 heteroatoms. The van der Waals surface area contributed by atoms with E-state index in [0.717, 1.165) is 170 Å². The first kappa shape index (κ1) is 59.8. The molecule has 0 N–H and O–H groups in total. The number of anilines is 1. The molecule has 6 aromatic carbocycles. The van der Waals surface area contributed by atoms with E-state index in [1.165, 1.54) is 16.8 Å². The summed E-state index contributed by atoms with van der Waals surface area (Å²) in [6.07, 6.45) is 5.89. The summed E-state index contributed by atoms with van der Waals surface area (Å²) >= 11 is 12.3. The second-order valence-corrected chi connectivity index (χ2v) is 22.5. The molecule has 0 bridgehead atoms. The third kappa shape index (κ3) is 15.7. The molecule has 12 rings (SSSR count). The third-order valence-corrected chi connectivity index (χ3v) is 16.5. The van der Waals surface area contributed by atoms with Gasteiger partial charge in [0.1, 0.15) is 0 Å². The zero-order valence-electron chi connectivity index (χ0n) is 49.8. The smallest absolute Gasteiger partial charge is 0.0689 e. The number of hydrogen-bond acceptors (Lipinski definition) is 12. The van der Waals surface area contributed by atoms with Gasteiger partial charge < -0.3 is 4.90 Å². The number of halogens is 2. The van der Waals surface area contributed by atoms with Crippen molar-refractivity contribution in [3.8, 4) is 17.1 Å². The molecule has 3 fully saturated rings. The first-order valence-corrected chi connectivity index (χ1v) is 30.1. The number of nitrogens with zero attached hydrogens (tertiary/aromatic N) is 15. The molecule has 0 amide bonds. The van der Waals surface area contributed by atoms with Crippen LogP contribution in [0.1, 0.15) is 62.0 Å². The summed E-state index contributed by atoms with van der Waals surface area (Å²) in [5, 5.41) is 36.4. The Morgan fingerprint density at radius 3 is 1.09 bits per heavy atom. The van der Waals surface area contributed by atoms with E-state index < -0.39 is 0 Å². The van der Waals surface area contributed by atoms with Crippen LogP contribution in [0.25, 0.3) is 17.1 Å². The van der Waals surface area contributed by atoms with Gasteiger partial charge in [-0.2, -0.15) is 30.6 Å². The minimum absolute atomic E-state index is 0.772. The van der Waals surface area contributed by atoms with Crippen LogP contribution in [0.5, 0.6) is 0 Å². The Kier molecular flexibility index (Phi) is 20.4. The molecule has 9 aromatic rings. The van der Waals surface area contributed by atoms with Gasteiger partial charge in [-0.15, -0.1) is 0 Å². The van der Waals surface area contributed by atoms with Crippen LogP contribution in [0.4, 0.5) is 5.69 Å². The van der Waals surface area contributed by atoms with Crippen molar-refractivity contribution in [3.63, 3.8) is 0 Å². The molecule has 0 radical (unpaired) electrons. The van der Waals surface area contributed by atoms with E-state index >= 15 is 0 Å². The molecule has 3 aromatic heterocycles. The molecular formula is C68H77Cl2N15. The summed E-state index contributed by atoms with van der Waals surface area (Å²) in [5.74, 6) is 0. The number of hydrogen-bond donors (Lipinski definition) is 0. The topological polar surface area (TPSA) is 110 Å². The lowest BCUT2D eigenvalue weighted by atomic mass is 10.2. The first-order chi connectivity index (χ1) is 41.4. The normalized spacial score (nSPS) is 15.2. The summed E-state index contributed by atoms with van der Waals surface area (Å²) in [4.78, 5) is 7.29. The van der Waals surface area contributed by atoms with Crippen LogP contribution >= 0.6 is 23.2 Å². The molecule has 0 atom stereocenters. The van der Waals surface area contributed by atoms with Gasteiger partial charge in [-0.3, -0.25) is 24.8 Å². The first-order valence-electron chi connectivity index (χ1n) is 29.4. The van der Waals surface area contributed by atoms with Crippen molar-refractivity contribution in [1.82, 2.24) is 54.2 Å². The molecule has 0 unspecified atom stereocenters. The van der Waals surface area contributed by atoms with Crippen LogP contribution < -0.4 is 4.90 Å². The van der Waals surface area contributed by atoms with E-state index in [9.17, 15) is 0 Å². The summed E-state index contributed by atoms with van der Waals surface area (Å²) in [7, 11) is 0. The molecule has 3 saturated heterocycles. The summed E-state index contributed by atoms with van der Waals surface area (Å²) in [6.45, 7) is 25.7. The number of hydrazone groups is 3. The average Bonchev–Trinajstić information content (AvgIpc) is 4.36. The van der Waals surface area contributed by atoms with Crippen LogP contribution in [-0.2, 0) is 13.1 Å². The van der Waals surface area contributed by atoms with Crippen molar-refractivity contribution in [2.45, 2.75) is 54.6 Å². The van der Waals surface area contributed by atoms with Crippen molar-refractivity contribution in [1.29, 1.82) is 0 Å². The Labute approximate surface area is 511 Å². The Balaban J connectivity index is 0.000000142. The van der Waals surface area contributed by atoms with Crippen molar-refractivity contribution < 1.29 is 0 Å². The predicted molar refractivity (Wildman–Crippen MR) is 349 cm³/mol. The highest BCUT2D eigenvalue weighted by Crippen LogP contribution is 2.23. The molecule has 3 aliphatic heterocycles. The van der Waals surface area contributed by atoms with Gasteiger partial charge in [0.15, 0.2) is 0 Å². The van der Waals surface area contributed by atoms with Gasteiger partial charge in [0, 0.05) is 111 Å². The standard InChI is InChI=1S/C23H26ClN5.C23H27N5.C22H24ClN5/c1-18-22(19(2)29(26-18)21-9-4-3-5-10-21)16-25-28-14-12-27(13-15-28)17-20-8-6-7-11-23(20)24;1-19-23(20(2)28(25-19)22-11-7-4-8-12-22)17-24-27-15-13-26(14-16-27)18-21-9-5-3-6-10-21;1-17-22(18(2)28(25-17)21-6-4-3-5-7-21)16-24-27-14-12-26(13-15-27)20-10-8-19(23)9-11-20/h3-11,16H,12-15,17H2,1-2H3;3-12,17H,13-16,18H2,1-2H3;3-11,16H,12-15H2,1-2H3/b25-16+;24-17+;24-16+. The highest BCUT2D eigenvalue weighted by atomic mass is 35.5. The van der Waals surface area contributed by atoms with Gasteiger partial charge >= 0.3 is 0 Å². The fourth-order valence-electron chi connectivity index (χ4n) is 10.9. The maximum absolute atomic E-state index is 6.30. The second-order valence-electron chi connectivity index (χ2n) is 21.7. The molecule has 0 aliphatic carbocycles. The maximum Gasteiger partial charge on any atom is 0.0689 e. The van der Waals surface area contributed by atoms with Crippen molar-refractivity contribution in [3.05, 3.63) is 242 Å². The Bertz CT molecular complexity index is 3630. The van der Waals surface area contributed by atoms with E-state index in [1.807, 2.05) is 138 Å². The average molecular weight is 1180 g/mol. The number of aryl methyl sites for hydroxylation is 3. The van der Waals surface area contributed by atoms with Gasteiger partial charge in [0.25, 0.3) is 0 Å². The summed E-state index contributed by atoms with van der Waals surface area (Å²) in [5.41, 5.74) is 16.6. The SMILES string of the molecule is Cc1nn(-c2ccccc2)c(C)c1/C=N/N1CCN(Cc2ccccc2)CC1.Cc1nn(-c2ccccc2)c(C)c1/C=N/N1CCN(Cc2ccccc2Cl)CC1.Cc1nn(-c2ccccc2)c(C)c1/C=N/N1CCN(c2ccc(Cl)cc2)CC1. The van der Waals surface area contributed by atoms with Crippen LogP contribution in [0.2, 0.25) is 10.0 Å². The van der Waals surface area contributed by atoms with E-state index in [4.69, 9.17) is 53.8 Å². The molecule has 3 aliphatic rings. The lowest BCUT2D eigenvalue weighted by Gasteiger charge is -2.34. The molecular weight excluding hydrogens is 1100 g/mol. The fourth-order valence-corrected chi connectivity index (χ4v) is 11.2. The minimum Gasteiger partial charge on any atom is -0.368 e. The second kappa shape index (κ2) is 29.0. The Morgan fingerprint density at radius 2 is 0.706 bits per heavy atom. The van der Waals surface area contributed by atoms with Crippen LogP contribution in [-0.4, -0.2) is 151 Å². The summed E-state index contributed by atoms with van der Waals surface area (Å²) in [6, 6.07) is 57.4. The van der Waals surface area contributed by atoms with E-state index in [1.54, 1.807) is 0 Å². The Hall–Kier alpha value is -8.34. The zero-order chi connectivity index (χ0) is 59.1.